The van der Waals surface area contributed by atoms with Crippen molar-refractivity contribution in [3.8, 4) is 23.4 Å². The van der Waals surface area contributed by atoms with E-state index < -0.39 is 5.92 Å². The van der Waals surface area contributed by atoms with Crippen LogP contribution in [0.1, 0.15) is 40.8 Å². The van der Waals surface area contributed by atoms with Gasteiger partial charge in [-0.15, -0.1) is 5.10 Å². The third-order valence-corrected chi connectivity index (χ3v) is 6.31. The minimum atomic E-state index is -0.489. The quantitative estimate of drug-likeness (QED) is 0.386. The van der Waals surface area contributed by atoms with Gasteiger partial charge in [0.15, 0.2) is 18.1 Å². The second-order valence-corrected chi connectivity index (χ2v) is 9.30. The first-order chi connectivity index (χ1) is 17.2. The lowest BCUT2D eigenvalue weighted by Crippen LogP contribution is -2.22. The maximum absolute atomic E-state index is 12.7. The van der Waals surface area contributed by atoms with Crippen molar-refractivity contribution in [2.45, 2.75) is 33.6 Å². The first-order valence-electron chi connectivity index (χ1n) is 11.3. The van der Waals surface area contributed by atoms with E-state index in [-0.39, 0.29) is 24.0 Å². The van der Waals surface area contributed by atoms with Crippen LogP contribution in [0.25, 0.3) is 0 Å². The molecule has 186 valence electrons. The first kappa shape index (κ1) is 25.1. The van der Waals surface area contributed by atoms with Gasteiger partial charge in [-0.3, -0.25) is 9.89 Å². The zero-order chi connectivity index (χ0) is 26.0. The number of rotatable bonds is 7. The fourth-order valence-corrected chi connectivity index (χ4v) is 4.94. The summed E-state index contributed by atoms with van der Waals surface area (Å²) in [6, 6.07) is 11.4. The van der Waals surface area contributed by atoms with Crippen LogP contribution < -0.4 is 25.3 Å². The number of amides is 1. The lowest BCUT2D eigenvalue weighted by Gasteiger charge is -2.24. The number of nitriles is 1. The fourth-order valence-electron chi connectivity index (χ4n) is 4.25. The molecule has 2 heterocycles. The Morgan fingerprint density at radius 1 is 1.22 bits per heavy atom. The lowest BCUT2D eigenvalue weighted by molar-refractivity contribution is -0.118. The number of nitrogens with two attached hydrogens (primary N) is 1. The number of aryl methyl sites for hydroxylation is 3. The molecular formula is C26H26BrN5O4. The summed E-state index contributed by atoms with van der Waals surface area (Å²) in [5, 5.41) is 19.8. The number of ether oxygens (including phenoxy) is 3. The summed E-state index contributed by atoms with van der Waals surface area (Å²) in [4.78, 5) is 12.7. The summed E-state index contributed by atoms with van der Waals surface area (Å²) < 4.78 is 18.1. The maximum atomic E-state index is 12.7. The van der Waals surface area contributed by atoms with Gasteiger partial charge in [0.25, 0.3) is 5.91 Å². The van der Waals surface area contributed by atoms with E-state index >= 15 is 0 Å². The minimum absolute atomic E-state index is 0.00925. The molecule has 1 atom stereocenters. The van der Waals surface area contributed by atoms with Crippen LogP contribution in [0.5, 0.6) is 17.4 Å². The third kappa shape index (κ3) is 4.88. The van der Waals surface area contributed by atoms with E-state index in [9.17, 15) is 10.1 Å². The number of hydrogen-bond donors (Lipinski definition) is 3. The molecule has 0 saturated heterocycles. The van der Waals surface area contributed by atoms with E-state index in [1.54, 1.807) is 12.1 Å². The van der Waals surface area contributed by atoms with Crippen molar-refractivity contribution in [3.63, 3.8) is 0 Å². The van der Waals surface area contributed by atoms with Gasteiger partial charge in [0.2, 0.25) is 11.8 Å². The Morgan fingerprint density at radius 2 is 1.94 bits per heavy atom. The second-order valence-electron chi connectivity index (χ2n) is 8.38. The second kappa shape index (κ2) is 10.3. The number of nitrogens with zero attached hydrogens (tertiary/aromatic N) is 2. The number of fused-ring (bicyclic) bond motifs is 1. The molecule has 0 bridgehead atoms. The van der Waals surface area contributed by atoms with Crippen LogP contribution in [-0.2, 0) is 4.79 Å². The molecule has 0 saturated carbocycles. The molecule has 1 aromatic heterocycles. The summed E-state index contributed by atoms with van der Waals surface area (Å²) in [6.07, 6.45) is 0. The number of aromatic nitrogens is 2. The summed E-state index contributed by atoms with van der Waals surface area (Å²) in [5.74, 6) is 0.422. The number of allylic oxidation sites excluding steroid dienone is 1. The van der Waals surface area contributed by atoms with E-state index in [0.717, 1.165) is 38.1 Å². The number of carbonyl (C=O) groups excluding carboxylic acids is 1. The predicted octanol–water partition coefficient (Wildman–Crippen LogP) is 4.73. The molecule has 1 amide bonds. The van der Waals surface area contributed by atoms with Crippen LogP contribution in [0.3, 0.4) is 0 Å². The lowest BCUT2D eigenvalue weighted by atomic mass is 9.84. The largest absolute Gasteiger partial charge is 0.490 e. The van der Waals surface area contributed by atoms with Gasteiger partial charge in [-0.05, 0) is 68.7 Å². The van der Waals surface area contributed by atoms with E-state index in [2.05, 4.69) is 37.5 Å². The molecule has 9 nitrogen and oxygen atoms in total. The van der Waals surface area contributed by atoms with Gasteiger partial charge in [-0.25, -0.2) is 0 Å². The molecule has 0 spiro atoms. The molecule has 1 aliphatic heterocycles. The summed E-state index contributed by atoms with van der Waals surface area (Å²) in [5.41, 5.74) is 11.2. The van der Waals surface area contributed by atoms with E-state index in [1.807, 2.05) is 45.9 Å². The molecule has 4 N–H and O–H groups in total. The third-order valence-electron chi connectivity index (χ3n) is 5.85. The molecule has 0 radical (unpaired) electrons. The van der Waals surface area contributed by atoms with Gasteiger partial charge >= 0.3 is 0 Å². The van der Waals surface area contributed by atoms with Gasteiger partial charge in [-0.1, -0.05) is 22.0 Å². The first-order valence-corrected chi connectivity index (χ1v) is 12.1. The van der Waals surface area contributed by atoms with Crippen molar-refractivity contribution >= 4 is 27.5 Å². The smallest absolute Gasteiger partial charge is 0.262 e. The fraction of sp³-hybridized carbons (Fsp3) is 0.269. The normalized spacial score (nSPS) is 14.5. The average Bonchev–Trinajstić information content (AvgIpc) is 3.19. The van der Waals surface area contributed by atoms with Gasteiger partial charge in [0, 0.05) is 21.4 Å². The Labute approximate surface area is 217 Å². The molecular weight excluding hydrogens is 526 g/mol. The minimum Gasteiger partial charge on any atom is -0.490 e. The van der Waals surface area contributed by atoms with Gasteiger partial charge in [-0.2, -0.15) is 5.26 Å². The number of anilines is 1. The van der Waals surface area contributed by atoms with Crippen molar-refractivity contribution in [2.75, 3.05) is 18.5 Å². The highest BCUT2D eigenvalue weighted by Crippen LogP contribution is 2.44. The standard InChI is InChI=1S/C26H26BrN5O4/c1-5-34-20-10-16(23-18(11-28)25(29)36-26-22(23)15(4)31-32-26)6-7-19(20)35-12-21(33)30-24-13(2)8-17(27)9-14(24)3/h6-10,23H,5,12,29H2,1-4H3,(H,30,33)(H,31,32). The Balaban J connectivity index is 1.59. The van der Waals surface area contributed by atoms with Crippen molar-refractivity contribution in [1.82, 2.24) is 10.2 Å². The summed E-state index contributed by atoms with van der Waals surface area (Å²) >= 11 is 3.46. The van der Waals surface area contributed by atoms with Crippen LogP contribution in [0.2, 0.25) is 0 Å². The molecule has 1 aliphatic rings. The van der Waals surface area contributed by atoms with Crippen LogP contribution in [0, 0.1) is 32.1 Å². The van der Waals surface area contributed by atoms with Crippen LogP contribution in [-0.4, -0.2) is 29.3 Å². The molecule has 36 heavy (non-hydrogen) atoms. The molecule has 1 unspecified atom stereocenters. The number of halogens is 1. The monoisotopic (exact) mass is 551 g/mol. The predicted molar refractivity (Wildman–Crippen MR) is 138 cm³/mol. The number of H-pyrrole nitrogens is 1. The zero-order valence-electron chi connectivity index (χ0n) is 20.4. The highest BCUT2D eigenvalue weighted by molar-refractivity contribution is 9.10. The van der Waals surface area contributed by atoms with E-state index in [4.69, 9.17) is 19.9 Å². The van der Waals surface area contributed by atoms with Crippen LogP contribution in [0.4, 0.5) is 5.69 Å². The molecule has 0 fully saturated rings. The SMILES string of the molecule is CCOc1cc(C2C(C#N)=C(N)Oc3n[nH]c(C)c32)ccc1OCC(=O)Nc1c(C)cc(Br)cc1C. The number of benzene rings is 2. The number of aromatic amines is 1. The Hall–Kier alpha value is -3.97. The highest BCUT2D eigenvalue weighted by Gasteiger charge is 2.34. The molecule has 0 aliphatic carbocycles. The van der Waals surface area contributed by atoms with Crippen molar-refractivity contribution in [2.24, 2.45) is 5.73 Å². The molecule has 10 heteroatoms. The van der Waals surface area contributed by atoms with Crippen LogP contribution in [0.15, 0.2) is 46.3 Å². The zero-order valence-corrected chi connectivity index (χ0v) is 21.9. The average molecular weight is 552 g/mol. The molecule has 2 aromatic carbocycles. The summed E-state index contributed by atoms with van der Waals surface area (Å²) in [7, 11) is 0. The van der Waals surface area contributed by atoms with Crippen molar-refractivity contribution < 1.29 is 19.0 Å². The number of hydrogen-bond acceptors (Lipinski definition) is 7. The maximum Gasteiger partial charge on any atom is 0.262 e. The number of nitrogens with one attached hydrogen (secondary N) is 2. The van der Waals surface area contributed by atoms with Crippen molar-refractivity contribution in [3.05, 3.63) is 74.2 Å². The van der Waals surface area contributed by atoms with Crippen LogP contribution >= 0.6 is 15.9 Å². The Morgan fingerprint density at radius 3 is 2.61 bits per heavy atom. The topological polar surface area (TPSA) is 135 Å². The Bertz CT molecular complexity index is 1380. The van der Waals surface area contributed by atoms with Gasteiger partial charge in [0.1, 0.15) is 11.6 Å². The van der Waals surface area contributed by atoms with Crippen molar-refractivity contribution in [1.29, 1.82) is 5.26 Å². The highest BCUT2D eigenvalue weighted by atomic mass is 79.9. The molecule has 4 rings (SSSR count). The van der Waals surface area contributed by atoms with Gasteiger partial charge < -0.3 is 25.3 Å². The van der Waals surface area contributed by atoms with E-state index in [1.165, 1.54) is 0 Å². The molecule has 3 aromatic rings. The summed E-state index contributed by atoms with van der Waals surface area (Å²) in [6.45, 7) is 7.75. The van der Waals surface area contributed by atoms with Gasteiger partial charge in [0.05, 0.1) is 12.5 Å². The number of carbonyl (C=O) groups is 1. The Kier molecular flexibility index (Phi) is 7.22. The van der Waals surface area contributed by atoms with E-state index in [0.29, 0.717) is 24.0 Å².